The Bertz CT molecular complexity index is 588. The van der Waals surface area contributed by atoms with E-state index in [2.05, 4.69) is 47.7 Å². The minimum atomic E-state index is 0.478. The zero-order valence-corrected chi connectivity index (χ0v) is 12.1. The highest BCUT2D eigenvalue weighted by Gasteiger charge is 2.39. The molecular weight excluding hydrogens is 248 g/mol. The van der Waals surface area contributed by atoms with Gasteiger partial charge in [-0.25, -0.2) is 4.68 Å². The van der Waals surface area contributed by atoms with Crippen molar-refractivity contribution in [3.8, 4) is 0 Å². The Morgan fingerprint density at radius 1 is 1.35 bits per heavy atom. The molecule has 2 atom stereocenters. The molecule has 4 nitrogen and oxygen atoms in total. The third-order valence-corrected chi connectivity index (χ3v) is 3.95. The minimum absolute atomic E-state index is 0.478. The molecule has 1 aliphatic rings. The molecule has 1 aromatic heterocycles. The normalized spacial score (nSPS) is 20.9. The van der Waals surface area contributed by atoms with Crippen LogP contribution in [0.1, 0.15) is 36.9 Å². The summed E-state index contributed by atoms with van der Waals surface area (Å²) in [4.78, 5) is 0. The van der Waals surface area contributed by atoms with E-state index < -0.39 is 0 Å². The van der Waals surface area contributed by atoms with E-state index in [1.807, 2.05) is 11.6 Å². The minimum Gasteiger partial charge on any atom is -0.394 e. The molecule has 0 saturated heterocycles. The largest absolute Gasteiger partial charge is 0.394 e. The fourth-order valence-corrected chi connectivity index (χ4v) is 2.72. The molecule has 1 fully saturated rings. The molecule has 106 valence electrons. The average molecular weight is 270 g/mol. The van der Waals surface area contributed by atoms with E-state index in [1.54, 1.807) is 0 Å². The van der Waals surface area contributed by atoms with E-state index in [0.29, 0.717) is 12.0 Å². The first-order valence-electron chi connectivity index (χ1n) is 7.35. The van der Waals surface area contributed by atoms with Crippen LogP contribution >= 0.6 is 0 Å². The van der Waals surface area contributed by atoms with Crippen molar-refractivity contribution in [2.45, 2.75) is 45.2 Å². The van der Waals surface area contributed by atoms with E-state index in [9.17, 15) is 0 Å². The smallest absolute Gasteiger partial charge is 0.148 e. The summed E-state index contributed by atoms with van der Waals surface area (Å²) in [6, 6.07) is 11.1. The predicted molar refractivity (Wildman–Crippen MR) is 82.9 cm³/mol. The van der Waals surface area contributed by atoms with Crippen LogP contribution in [0.15, 0.2) is 30.3 Å². The van der Waals surface area contributed by atoms with E-state index in [-0.39, 0.29) is 0 Å². The molecule has 1 saturated carbocycles. The van der Waals surface area contributed by atoms with Crippen molar-refractivity contribution >= 4 is 11.5 Å². The number of nitrogens with two attached hydrogens (primary N) is 1. The van der Waals surface area contributed by atoms with Gasteiger partial charge in [0.15, 0.2) is 0 Å². The number of nitrogens with one attached hydrogen (secondary N) is 1. The van der Waals surface area contributed by atoms with E-state index in [0.717, 1.165) is 30.2 Å². The highest BCUT2D eigenvalue weighted by Crippen LogP contribution is 2.43. The van der Waals surface area contributed by atoms with Crippen LogP contribution in [-0.2, 0) is 6.54 Å². The zero-order valence-electron chi connectivity index (χ0n) is 12.1. The lowest BCUT2D eigenvalue weighted by molar-refractivity contribution is 0.602. The Morgan fingerprint density at radius 3 is 2.80 bits per heavy atom. The molecule has 2 aromatic rings. The number of aromatic nitrogens is 2. The van der Waals surface area contributed by atoms with Crippen LogP contribution in [-0.4, -0.2) is 15.8 Å². The number of hydrogen-bond acceptors (Lipinski definition) is 3. The summed E-state index contributed by atoms with van der Waals surface area (Å²) >= 11 is 0. The quantitative estimate of drug-likeness (QED) is 0.877. The number of aryl methyl sites for hydroxylation is 2. The first kappa shape index (κ1) is 13.0. The zero-order chi connectivity index (χ0) is 14.1. The SMILES string of the molecule is CCCn1nc(C)c(N)c1NC1CC1c1ccccc1. The molecular formula is C16H22N4. The number of hydrogen-bond donors (Lipinski definition) is 2. The summed E-state index contributed by atoms with van der Waals surface area (Å²) in [6.07, 6.45) is 2.22. The maximum absolute atomic E-state index is 6.15. The van der Waals surface area contributed by atoms with Crippen LogP contribution in [0.25, 0.3) is 0 Å². The highest BCUT2D eigenvalue weighted by atomic mass is 15.3. The maximum atomic E-state index is 6.15. The number of nitrogens with zero attached hydrogens (tertiary/aromatic N) is 2. The van der Waals surface area contributed by atoms with Crippen molar-refractivity contribution in [3.05, 3.63) is 41.6 Å². The van der Waals surface area contributed by atoms with Gasteiger partial charge in [-0.05, 0) is 25.3 Å². The maximum Gasteiger partial charge on any atom is 0.148 e. The van der Waals surface area contributed by atoms with Gasteiger partial charge in [-0.15, -0.1) is 0 Å². The van der Waals surface area contributed by atoms with Crippen LogP contribution in [0.4, 0.5) is 11.5 Å². The van der Waals surface area contributed by atoms with Crippen molar-refractivity contribution < 1.29 is 0 Å². The van der Waals surface area contributed by atoms with Crippen LogP contribution in [0.2, 0.25) is 0 Å². The summed E-state index contributed by atoms with van der Waals surface area (Å²) in [5, 5.41) is 8.09. The molecule has 3 N–H and O–H groups in total. The topological polar surface area (TPSA) is 55.9 Å². The van der Waals surface area contributed by atoms with Gasteiger partial charge in [0.1, 0.15) is 5.82 Å². The fraction of sp³-hybridized carbons (Fsp3) is 0.438. The molecule has 4 heteroatoms. The molecule has 0 spiro atoms. The molecule has 1 aliphatic carbocycles. The summed E-state index contributed by atoms with van der Waals surface area (Å²) in [5.74, 6) is 1.59. The molecule has 3 rings (SSSR count). The second kappa shape index (κ2) is 5.19. The van der Waals surface area contributed by atoms with Gasteiger partial charge in [-0.3, -0.25) is 0 Å². The monoisotopic (exact) mass is 270 g/mol. The summed E-state index contributed by atoms with van der Waals surface area (Å²) in [7, 11) is 0. The van der Waals surface area contributed by atoms with Gasteiger partial charge in [0, 0.05) is 18.5 Å². The lowest BCUT2D eigenvalue weighted by Crippen LogP contribution is -2.12. The first-order chi connectivity index (χ1) is 9.70. The Balaban J connectivity index is 1.74. The molecule has 2 unspecified atom stereocenters. The van der Waals surface area contributed by atoms with Crippen molar-refractivity contribution in [1.82, 2.24) is 9.78 Å². The van der Waals surface area contributed by atoms with Gasteiger partial charge in [0.2, 0.25) is 0 Å². The van der Waals surface area contributed by atoms with Gasteiger partial charge >= 0.3 is 0 Å². The molecule has 0 amide bonds. The predicted octanol–water partition coefficient (Wildman–Crippen LogP) is 3.15. The fourth-order valence-electron chi connectivity index (χ4n) is 2.72. The lowest BCUT2D eigenvalue weighted by Gasteiger charge is -2.10. The number of anilines is 2. The average Bonchev–Trinajstić information content (AvgIpc) is 3.18. The van der Waals surface area contributed by atoms with E-state index >= 15 is 0 Å². The first-order valence-corrected chi connectivity index (χ1v) is 7.35. The number of nitrogen functional groups attached to an aromatic ring is 1. The molecule has 0 aliphatic heterocycles. The van der Waals surface area contributed by atoms with Gasteiger partial charge in [0.05, 0.1) is 11.4 Å². The van der Waals surface area contributed by atoms with Crippen LogP contribution < -0.4 is 11.1 Å². The molecule has 0 bridgehead atoms. The van der Waals surface area contributed by atoms with Crippen molar-refractivity contribution in [1.29, 1.82) is 0 Å². The summed E-state index contributed by atoms with van der Waals surface area (Å²) in [5.41, 5.74) is 9.26. The Kier molecular flexibility index (Phi) is 3.38. The van der Waals surface area contributed by atoms with Gasteiger partial charge in [-0.1, -0.05) is 37.3 Å². The summed E-state index contributed by atoms with van der Waals surface area (Å²) < 4.78 is 2.00. The lowest BCUT2D eigenvalue weighted by atomic mass is 10.1. The van der Waals surface area contributed by atoms with E-state index in [4.69, 9.17) is 5.73 Å². The second-order valence-corrected chi connectivity index (χ2v) is 5.57. The third-order valence-electron chi connectivity index (χ3n) is 3.95. The Labute approximate surface area is 120 Å². The third kappa shape index (κ3) is 2.38. The van der Waals surface area contributed by atoms with Crippen LogP contribution in [0.5, 0.6) is 0 Å². The molecule has 1 heterocycles. The standard InChI is InChI=1S/C16H22N4/c1-3-9-20-16(15(17)11(2)19-20)18-14-10-13(14)12-7-5-4-6-8-12/h4-8,13-14,18H,3,9-10,17H2,1-2H3. The number of benzene rings is 1. The van der Waals surface area contributed by atoms with Gasteiger partial charge < -0.3 is 11.1 Å². The van der Waals surface area contributed by atoms with Crippen LogP contribution in [0, 0.1) is 6.92 Å². The van der Waals surface area contributed by atoms with Crippen molar-refractivity contribution in [3.63, 3.8) is 0 Å². The van der Waals surface area contributed by atoms with Gasteiger partial charge in [0.25, 0.3) is 0 Å². The van der Waals surface area contributed by atoms with E-state index in [1.165, 1.54) is 12.0 Å². The second-order valence-electron chi connectivity index (χ2n) is 5.57. The molecule has 1 aromatic carbocycles. The van der Waals surface area contributed by atoms with Crippen molar-refractivity contribution in [2.24, 2.45) is 0 Å². The highest BCUT2D eigenvalue weighted by molar-refractivity contribution is 5.66. The van der Waals surface area contributed by atoms with Crippen LogP contribution in [0.3, 0.4) is 0 Å². The van der Waals surface area contributed by atoms with Crippen molar-refractivity contribution in [2.75, 3.05) is 11.1 Å². The molecule has 20 heavy (non-hydrogen) atoms. The summed E-state index contributed by atoms with van der Waals surface area (Å²) in [6.45, 7) is 5.03. The Morgan fingerprint density at radius 2 is 2.10 bits per heavy atom. The van der Waals surface area contributed by atoms with Gasteiger partial charge in [-0.2, -0.15) is 5.10 Å². The molecule has 0 radical (unpaired) electrons. The number of rotatable bonds is 5. The Hall–Kier alpha value is -1.97.